The summed E-state index contributed by atoms with van der Waals surface area (Å²) in [5, 5.41) is 1.25. The summed E-state index contributed by atoms with van der Waals surface area (Å²) in [6, 6.07) is 9.61. The summed E-state index contributed by atoms with van der Waals surface area (Å²) in [6.45, 7) is 4.23. The first-order chi connectivity index (χ1) is 15.5. The third kappa shape index (κ3) is 5.68. The Morgan fingerprint density at radius 2 is 2.06 bits per heavy atom. The molecule has 0 spiro atoms. The molecule has 2 aromatic carbocycles. The van der Waals surface area contributed by atoms with E-state index in [9.17, 15) is 9.18 Å². The molecule has 3 aromatic rings. The highest BCUT2D eigenvalue weighted by Crippen LogP contribution is 2.31. The molecule has 170 valence electrons. The van der Waals surface area contributed by atoms with Crippen LogP contribution in [0.5, 0.6) is 5.75 Å². The van der Waals surface area contributed by atoms with Gasteiger partial charge in [-0.25, -0.2) is 9.37 Å². The van der Waals surface area contributed by atoms with E-state index in [2.05, 4.69) is 9.88 Å². The van der Waals surface area contributed by atoms with Gasteiger partial charge in [-0.1, -0.05) is 40.6 Å². The lowest BCUT2D eigenvalue weighted by atomic mass is 10.3. The Hall–Kier alpha value is -1.97. The lowest BCUT2D eigenvalue weighted by Crippen LogP contribution is -2.40. The quantitative estimate of drug-likeness (QED) is 0.444. The highest BCUT2D eigenvalue weighted by molar-refractivity contribution is 7.22. The van der Waals surface area contributed by atoms with Gasteiger partial charge in [0.15, 0.2) is 11.7 Å². The number of anilines is 1. The molecule has 1 fully saturated rings. The number of morpholine rings is 1. The van der Waals surface area contributed by atoms with E-state index in [1.807, 2.05) is 0 Å². The summed E-state index contributed by atoms with van der Waals surface area (Å²) < 4.78 is 25.9. The number of para-hydroxylation sites is 1. The predicted octanol–water partition coefficient (Wildman–Crippen LogP) is 4.88. The van der Waals surface area contributed by atoms with Crippen LogP contribution in [-0.4, -0.2) is 61.8 Å². The number of hydrogen-bond donors (Lipinski definition) is 0. The number of thiazole rings is 1. The van der Waals surface area contributed by atoms with Crippen molar-refractivity contribution in [2.45, 2.75) is 6.42 Å². The molecule has 1 aliphatic heterocycles. The minimum Gasteiger partial charge on any atom is -0.482 e. The maximum Gasteiger partial charge on any atom is 0.266 e. The first-order valence-corrected chi connectivity index (χ1v) is 11.8. The molecule has 0 radical (unpaired) electrons. The number of fused-ring (bicyclic) bond motifs is 1. The summed E-state index contributed by atoms with van der Waals surface area (Å²) in [5.74, 6) is -0.319. The number of carbonyl (C=O) groups excluding carboxylic acids is 1. The summed E-state index contributed by atoms with van der Waals surface area (Å²) in [7, 11) is 0. The molecule has 0 unspecified atom stereocenters. The van der Waals surface area contributed by atoms with Crippen LogP contribution in [0.4, 0.5) is 9.52 Å². The van der Waals surface area contributed by atoms with Crippen molar-refractivity contribution < 1.29 is 18.7 Å². The van der Waals surface area contributed by atoms with Crippen molar-refractivity contribution in [1.29, 1.82) is 0 Å². The molecule has 0 bridgehead atoms. The zero-order chi connectivity index (χ0) is 22.5. The second-order valence-corrected chi connectivity index (χ2v) is 9.15. The van der Waals surface area contributed by atoms with Gasteiger partial charge in [-0.3, -0.25) is 14.6 Å². The molecule has 0 atom stereocenters. The monoisotopic (exact) mass is 497 g/mol. The van der Waals surface area contributed by atoms with Crippen molar-refractivity contribution in [1.82, 2.24) is 9.88 Å². The maximum absolute atomic E-state index is 14.2. The lowest BCUT2D eigenvalue weighted by Gasteiger charge is -2.27. The van der Waals surface area contributed by atoms with Gasteiger partial charge in [0, 0.05) is 31.2 Å². The topological polar surface area (TPSA) is 54.9 Å². The molecular weight excluding hydrogens is 476 g/mol. The summed E-state index contributed by atoms with van der Waals surface area (Å²) in [6.07, 6.45) is 0.742. The van der Waals surface area contributed by atoms with E-state index in [4.69, 9.17) is 32.7 Å². The van der Waals surface area contributed by atoms with Gasteiger partial charge in [0.1, 0.15) is 17.1 Å². The van der Waals surface area contributed by atoms with Crippen LogP contribution in [0.3, 0.4) is 0 Å². The largest absolute Gasteiger partial charge is 0.482 e. The van der Waals surface area contributed by atoms with Gasteiger partial charge in [0.05, 0.1) is 22.9 Å². The second kappa shape index (κ2) is 10.8. The Bertz CT molecular complexity index is 1090. The molecule has 4 rings (SSSR count). The van der Waals surface area contributed by atoms with E-state index in [0.717, 1.165) is 39.3 Å². The lowest BCUT2D eigenvalue weighted by molar-refractivity contribution is -0.120. The Balaban J connectivity index is 1.48. The van der Waals surface area contributed by atoms with Gasteiger partial charge >= 0.3 is 0 Å². The second-order valence-electron chi connectivity index (χ2n) is 7.30. The third-order valence-corrected chi connectivity index (χ3v) is 6.67. The fourth-order valence-electron chi connectivity index (χ4n) is 3.43. The Kier molecular flexibility index (Phi) is 7.80. The van der Waals surface area contributed by atoms with Gasteiger partial charge in [0.25, 0.3) is 5.91 Å². The Morgan fingerprint density at radius 1 is 1.25 bits per heavy atom. The van der Waals surface area contributed by atoms with Gasteiger partial charge < -0.3 is 9.47 Å². The Labute approximate surface area is 199 Å². The van der Waals surface area contributed by atoms with Gasteiger partial charge in [0.2, 0.25) is 0 Å². The van der Waals surface area contributed by atoms with Crippen LogP contribution in [0.2, 0.25) is 10.0 Å². The molecule has 0 N–H and O–H groups in total. The number of carbonyl (C=O) groups is 1. The molecule has 1 amide bonds. The van der Waals surface area contributed by atoms with Crippen LogP contribution in [0.15, 0.2) is 36.4 Å². The first-order valence-electron chi connectivity index (χ1n) is 10.2. The van der Waals surface area contributed by atoms with Crippen LogP contribution in [0.1, 0.15) is 6.42 Å². The predicted molar refractivity (Wildman–Crippen MR) is 126 cm³/mol. The first kappa shape index (κ1) is 23.2. The van der Waals surface area contributed by atoms with Crippen LogP contribution < -0.4 is 9.64 Å². The number of hydrogen-bond acceptors (Lipinski definition) is 6. The number of rotatable bonds is 8. The number of aromatic nitrogens is 1. The summed E-state index contributed by atoms with van der Waals surface area (Å²) in [4.78, 5) is 21.4. The molecule has 10 heteroatoms. The maximum atomic E-state index is 14.2. The highest BCUT2D eigenvalue weighted by atomic mass is 35.5. The minimum atomic E-state index is -0.407. The van der Waals surface area contributed by atoms with Crippen LogP contribution in [-0.2, 0) is 9.53 Å². The fourth-order valence-corrected chi connectivity index (χ4v) is 4.92. The summed E-state index contributed by atoms with van der Waals surface area (Å²) >= 11 is 13.3. The standard InChI is InChI=1S/C22H22Cl2FN3O3S/c23-15-5-6-18(16(24)13-15)31-14-20(29)28(8-2-7-27-9-11-30-12-10-27)22-26-21-17(25)3-1-4-19(21)32-22/h1,3-6,13H,2,7-12,14H2. The molecule has 2 heterocycles. The average molecular weight is 498 g/mol. The van der Waals surface area contributed by atoms with Crippen molar-refractivity contribution in [2.75, 3.05) is 50.9 Å². The van der Waals surface area contributed by atoms with Gasteiger partial charge in [-0.05, 0) is 36.8 Å². The van der Waals surface area contributed by atoms with Crippen LogP contribution in [0.25, 0.3) is 10.2 Å². The third-order valence-electron chi connectivity index (χ3n) is 5.10. The minimum absolute atomic E-state index is 0.225. The molecule has 1 aromatic heterocycles. The van der Waals surface area contributed by atoms with E-state index in [1.165, 1.54) is 17.4 Å². The zero-order valence-corrected chi connectivity index (χ0v) is 19.6. The van der Waals surface area contributed by atoms with Gasteiger partial charge in [-0.15, -0.1) is 0 Å². The van der Waals surface area contributed by atoms with E-state index < -0.39 is 5.82 Å². The molecule has 32 heavy (non-hydrogen) atoms. The van der Waals surface area contributed by atoms with Crippen molar-refractivity contribution in [3.63, 3.8) is 0 Å². The van der Waals surface area contributed by atoms with Crippen molar-refractivity contribution in [2.24, 2.45) is 0 Å². The van der Waals surface area contributed by atoms with Crippen LogP contribution in [0, 0.1) is 5.82 Å². The molecule has 0 aliphatic carbocycles. The van der Waals surface area contributed by atoms with E-state index in [0.29, 0.717) is 32.2 Å². The SMILES string of the molecule is O=C(COc1ccc(Cl)cc1Cl)N(CCCN1CCOCC1)c1nc2c(F)cccc2s1. The highest BCUT2D eigenvalue weighted by Gasteiger charge is 2.22. The number of ether oxygens (including phenoxy) is 2. The van der Waals surface area contributed by atoms with E-state index in [1.54, 1.807) is 35.2 Å². The van der Waals surface area contributed by atoms with Crippen molar-refractivity contribution in [3.8, 4) is 5.75 Å². The number of nitrogens with zero attached hydrogens (tertiary/aromatic N) is 3. The number of halogens is 3. The Morgan fingerprint density at radius 3 is 2.81 bits per heavy atom. The molecule has 6 nitrogen and oxygen atoms in total. The smallest absolute Gasteiger partial charge is 0.266 e. The fraction of sp³-hybridized carbons (Fsp3) is 0.364. The van der Waals surface area contributed by atoms with E-state index >= 15 is 0 Å². The molecule has 1 aliphatic rings. The number of benzene rings is 2. The zero-order valence-electron chi connectivity index (χ0n) is 17.2. The van der Waals surface area contributed by atoms with Crippen molar-refractivity contribution >= 4 is 55.8 Å². The average Bonchev–Trinajstić information content (AvgIpc) is 3.22. The summed E-state index contributed by atoms with van der Waals surface area (Å²) in [5.41, 5.74) is 0.264. The number of amides is 1. The molecule has 1 saturated heterocycles. The normalized spacial score (nSPS) is 14.6. The van der Waals surface area contributed by atoms with Crippen LogP contribution >= 0.6 is 34.5 Å². The van der Waals surface area contributed by atoms with Crippen molar-refractivity contribution in [3.05, 3.63) is 52.3 Å². The molecule has 0 saturated carbocycles. The van der Waals surface area contributed by atoms with E-state index in [-0.39, 0.29) is 18.0 Å². The van der Waals surface area contributed by atoms with Gasteiger partial charge in [-0.2, -0.15) is 0 Å². The molecular formula is C22H22Cl2FN3O3S.